The van der Waals surface area contributed by atoms with Gasteiger partial charge < -0.3 is 4.57 Å². The van der Waals surface area contributed by atoms with Crippen LogP contribution in [0.2, 0.25) is 0 Å². The molecule has 108 valence electrons. The predicted molar refractivity (Wildman–Crippen MR) is 77.0 cm³/mol. The van der Waals surface area contributed by atoms with Gasteiger partial charge in [-0.25, -0.2) is 4.79 Å². The molecule has 0 N–H and O–H groups in total. The summed E-state index contributed by atoms with van der Waals surface area (Å²) in [4.78, 5) is 24.1. The molecule has 0 amide bonds. The molecule has 2 aromatic rings. The third kappa shape index (κ3) is 2.59. The van der Waals surface area contributed by atoms with Crippen LogP contribution in [0.25, 0.3) is 0 Å². The van der Waals surface area contributed by atoms with Crippen LogP contribution in [0, 0.1) is 0 Å². The molecule has 0 spiro atoms. The quantitative estimate of drug-likeness (QED) is 0.813. The van der Waals surface area contributed by atoms with Crippen molar-refractivity contribution in [2.45, 2.75) is 46.8 Å². The molecule has 0 fully saturated rings. The van der Waals surface area contributed by atoms with E-state index in [2.05, 4.69) is 5.10 Å². The molecule has 0 saturated heterocycles. The normalized spacial score (nSPS) is 10.9. The molecule has 0 aliphatic heterocycles. The smallest absolute Gasteiger partial charge is 0.301 e. The van der Waals surface area contributed by atoms with Gasteiger partial charge in [-0.15, -0.1) is 0 Å². The number of hydrogen-bond acceptors (Lipinski definition) is 3. The zero-order valence-corrected chi connectivity index (χ0v) is 12.2. The van der Waals surface area contributed by atoms with Gasteiger partial charge in [0.1, 0.15) is 0 Å². The number of aromatic nitrogens is 4. The molecule has 0 radical (unpaired) electrons. The van der Waals surface area contributed by atoms with Crippen LogP contribution < -0.4 is 11.2 Å². The van der Waals surface area contributed by atoms with Gasteiger partial charge in [0.15, 0.2) is 0 Å². The van der Waals surface area contributed by atoms with Crippen molar-refractivity contribution < 1.29 is 0 Å². The zero-order chi connectivity index (χ0) is 14.7. The van der Waals surface area contributed by atoms with E-state index in [0.717, 1.165) is 24.4 Å². The van der Waals surface area contributed by atoms with E-state index < -0.39 is 0 Å². The highest BCUT2D eigenvalue weighted by molar-refractivity contribution is 5.11. The molecule has 0 aliphatic carbocycles. The SMILES string of the molecule is CCc1cc(Cn2c(=O)ccn(CC)c2=O)n(CC)n1. The summed E-state index contributed by atoms with van der Waals surface area (Å²) in [5.74, 6) is 0. The highest BCUT2D eigenvalue weighted by Gasteiger charge is 2.10. The van der Waals surface area contributed by atoms with Crippen molar-refractivity contribution in [1.29, 1.82) is 0 Å². The maximum atomic E-state index is 12.2. The highest BCUT2D eigenvalue weighted by Crippen LogP contribution is 2.06. The molecular formula is C14H20N4O2. The van der Waals surface area contributed by atoms with Crippen molar-refractivity contribution in [1.82, 2.24) is 18.9 Å². The lowest BCUT2D eigenvalue weighted by Gasteiger charge is -2.09. The Labute approximate surface area is 117 Å². The molecule has 0 bridgehead atoms. The Balaban J connectivity index is 2.47. The Morgan fingerprint density at radius 3 is 2.50 bits per heavy atom. The minimum atomic E-state index is -0.276. The molecule has 0 saturated carbocycles. The van der Waals surface area contributed by atoms with Crippen molar-refractivity contribution in [3.63, 3.8) is 0 Å². The summed E-state index contributed by atoms with van der Waals surface area (Å²) in [5, 5.41) is 4.44. The average molecular weight is 276 g/mol. The third-order valence-corrected chi connectivity index (χ3v) is 3.38. The molecule has 20 heavy (non-hydrogen) atoms. The lowest BCUT2D eigenvalue weighted by Crippen LogP contribution is -2.39. The Morgan fingerprint density at radius 1 is 1.15 bits per heavy atom. The van der Waals surface area contributed by atoms with Gasteiger partial charge >= 0.3 is 5.69 Å². The van der Waals surface area contributed by atoms with E-state index in [1.54, 1.807) is 0 Å². The standard InChI is InChI=1S/C14H20N4O2/c1-4-11-9-12(18(6-3)15-11)10-17-13(19)7-8-16(5-2)14(17)20/h7-9H,4-6,10H2,1-3H3. The van der Waals surface area contributed by atoms with Crippen LogP contribution in [0.15, 0.2) is 27.9 Å². The maximum Gasteiger partial charge on any atom is 0.331 e. The van der Waals surface area contributed by atoms with E-state index in [1.165, 1.54) is 21.4 Å². The number of hydrogen-bond donors (Lipinski definition) is 0. The molecule has 0 unspecified atom stereocenters. The van der Waals surface area contributed by atoms with Crippen LogP contribution in [0.4, 0.5) is 0 Å². The van der Waals surface area contributed by atoms with Gasteiger partial charge in [-0.1, -0.05) is 6.92 Å². The Kier molecular flexibility index (Phi) is 4.22. The van der Waals surface area contributed by atoms with Crippen molar-refractivity contribution in [2.24, 2.45) is 0 Å². The summed E-state index contributed by atoms with van der Waals surface area (Å²) < 4.78 is 4.62. The minimum Gasteiger partial charge on any atom is -0.301 e. The zero-order valence-electron chi connectivity index (χ0n) is 12.2. The maximum absolute atomic E-state index is 12.2. The first-order valence-electron chi connectivity index (χ1n) is 6.96. The summed E-state index contributed by atoms with van der Waals surface area (Å²) in [7, 11) is 0. The van der Waals surface area contributed by atoms with Gasteiger partial charge in [0.2, 0.25) is 0 Å². The Bertz CT molecular complexity index is 709. The molecule has 0 atom stereocenters. The number of nitrogens with zero attached hydrogens (tertiary/aromatic N) is 4. The topological polar surface area (TPSA) is 61.8 Å². The van der Waals surface area contributed by atoms with Crippen LogP contribution in [-0.2, 0) is 26.1 Å². The summed E-state index contributed by atoms with van der Waals surface area (Å²) in [5.41, 5.74) is 1.31. The van der Waals surface area contributed by atoms with E-state index in [1.807, 2.05) is 31.5 Å². The van der Waals surface area contributed by atoms with Gasteiger partial charge in [0.05, 0.1) is 17.9 Å². The van der Waals surface area contributed by atoms with Crippen molar-refractivity contribution in [3.05, 3.63) is 50.6 Å². The van der Waals surface area contributed by atoms with Gasteiger partial charge in [0.25, 0.3) is 5.56 Å². The average Bonchev–Trinajstić information content (AvgIpc) is 2.86. The van der Waals surface area contributed by atoms with Crippen LogP contribution in [0.5, 0.6) is 0 Å². The fourth-order valence-electron chi connectivity index (χ4n) is 2.19. The van der Waals surface area contributed by atoms with Crippen LogP contribution in [-0.4, -0.2) is 18.9 Å². The van der Waals surface area contributed by atoms with E-state index in [9.17, 15) is 9.59 Å². The molecule has 6 nitrogen and oxygen atoms in total. The van der Waals surface area contributed by atoms with Crippen LogP contribution in [0.3, 0.4) is 0 Å². The van der Waals surface area contributed by atoms with Gasteiger partial charge in [-0.2, -0.15) is 5.10 Å². The Morgan fingerprint density at radius 2 is 1.90 bits per heavy atom. The molecular weight excluding hydrogens is 256 g/mol. The molecule has 6 heteroatoms. The lowest BCUT2D eigenvalue weighted by molar-refractivity contribution is 0.553. The first-order valence-corrected chi connectivity index (χ1v) is 6.96. The number of aryl methyl sites for hydroxylation is 3. The van der Waals surface area contributed by atoms with Crippen molar-refractivity contribution in [3.8, 4) is 0 Å². The summed E-state index contributed by atoms with van der Waals surface area (Å²) in [6.45, 7) is 7.44. The van der Waals surface area contributed by atoms with E-state index >= 15 is 0 Å². The monoisotopic (exact) mass is 276 g/mol. The first kappa shape index (κ1) is 14.3. The lowest BCUT2D eigenvalue weighted by atomic mass is 10.3. The second-order valence-corrected chi connectivity index (χ2v) is 4.61. The molecule has 2 aromatic heterocycles. The van der Waals surface area contributed by atoms with E-state index in [0.29, 0.717) is 6.54 Å². The summed E-state index contributed by atoms with van der Waals surface area (Å²) >= 11 is 0. The summed E-state index contributed by atoms with van der Waals surface area (Å²) in [6, 6.07) is 3.39. The van der Waals surface area contributed by atoms with Gasteiger partial charge in [-0.05, 0) is 26.3 Å². The van der Waals surface area contributed by atoms with Gasteiger partial charge in [-0.3, -0.25) is 14.0 Å². The molecule has 2 rings (SSSR count). The Hall–Kier alpha value is -2.11. The van der Waals surface area contributed by atoms with Gasteiger partial charge in [0, 0.05) is 25.4 Å². The first-order chi connectivity index (χ1) is 9.60. The second kappa shape index (κ2) is 5.90. The van der Waals surface area contributed by atoms with E-state index in [-0.39, 0.29) is 17.8 Å². The predicted octanol–water partition coefficient (Wildman–Crippen LogP) is 0.857. The van der Waals surface area contributed by atoms with Crippen LogP contribution in [0.1, 0.15) is 32.2 Å². The highest BCUT2D eigenvalue weighted by atomic mass is 16.2. The van der Waals surface area contributed by atoms with Crippen molar-refractivity contribution in [2.75, 3.05) is 0 Å². The van der Waals surface area contributed by atoms with E-state index in [4.69, 9.17) is 0 Å². The number of rotatable bonds is 5. The second-order valence-electron chi connectivity index (χ2n) is 4.61. The fourth-order valence-corrected chi connectivity index (χ4v) is 2.19. The van der Waals surface area contributed by atoms with Crippen molar-refractivity contribution >= 4 is 0 Å². The minimum absolute atomic E-state index is 0.263. The molecule has 0 aliphatic rings. The summed E-state index contributed by atoms with van der Waals surface area (Å²) in [6.07, 6.45) is 2.37. The third-order valence-electron chi connectivity index (χ3n) is 3.38. The van der Waals surface area contributed by atoms with Crippen LogP contribution >= 0.6 is 0 Å². The molecule has 0 aromatic carbocycles. The fraction of sp³-hybridized carbons (Fsp3) is 0.500. The largest absolute Gasteiger partial charge is 0.331 e. The molecule has 2 heterocycles.